The van der Waals surface area contributed by atoms with E-state index < -0.39 is 5.97 Å². The molecule has 7 heteroatoms. The second-order valence-electron chi connectivity index (χ2n) is 5.79. The highest BCUT2D eigenvalue weighted by Crippen LogP contribution is 2.42. The molecule has 132 valence electrons. The van der Waals surface area contributed by atoms with Crippen LogP contribution in [0.25, 0.3) is 27.0 Å². The standard InChI is InChI=1S/C19H16N2O4S/c1-24-15-8-16(25-2)18(13-6-4-3-5-12(13)15)14-10-21-9-11(7-17(22)23)26-19(21)20-14/h3-6,8-10H,7H2,1-2H3,(H,22,23). The van der Waals surface area contributed by atoms with E-state index in [0.717, 1.165) is 37.6 Å². The van der Waals surface area contributed by atoms with Crippen LogP contribution < -0.4 is 9.47 Å². The predicted molar refractivity (Wildman–Crippen MR) is 100 cm³/mol. The smallest absolute Gasteiger partial charge is 0.308 e. The summed E-state index contributed by atoms with van der Waals surface area (Å²) < 4.78 is 13.0. The van der Waals surface area contributed by atoms with E-state index in [-0.39, 0.29) is 6.42 Å². The fraction of sp³-hybridized carbons (Fsp3) is 0.158. The van der Waals surface area contributed by atoms with Gasteiger partial charge in [0.15, 0.2) is 4.96 Å². The normalized spacial score (nSPS) is 11.2. The van der Waals surface area contributed by atoms with Gasteiger partial charge < -0.3 is 14.6 Å². The van der Waals surface area contributed by atoms with E-state index in [2.05, 4.69) is 0 Å². The largest absolute Gasteiger partial charge is 0.496 e. The molecule has 2 aromatic heterocycles. The molecule has 0 atom stereocenters. The number of benzene rings is 2. The van der Waals surface area contributed by atoms with E-state index in [4.69, 9.17) is 19.6 Å². The molecule has 1 N–H and O–H groups in total. The van der Waals surface area contributed by atoms with Crippen molar-refractivity contribution in [3.8, 4) is 22.8 Å². The lowest BCUT2D eigenvalue weighted by molar-refractivity contribution is -0.136. The Labute approximate surface area is 153 Å². The number of aromatic nitrogens is 2. The van der Waals surface area contributed by atoms with Crippen molar-refractivity contribution in [1.29, 1.82) is 0 Å². The van der Waals surface area contributed by atoms with Crippen molar-refractivity contribution in [2.75, 3.05) is 14.2 Å². The maximum absolute atomic E-state index is 10.9. The van der Waals surface area contributed by atoms with E-state index in [9.17, 15) is 4.79 Å². The van der Waals surface area contributed by atoms with Gasteiger partial charge in [0.05, 0.1) is 31.9 Å². The number of carbonyl (C=O) groups is 1. The van der Waals surface area contributed by atoms with Crippen LogP contribution >= 0.6 is 11.3 Å². The molecule has 0 aliphatic carbocycles. The quantitative estimate of drug-likeness (QED) is 0.579. The molecule has 0 amide bonds. The first-order chi connectivity index (χ1) is 12.6. The molecule has 4 aromatic rings. The lowest BCUT2D eigenvalue weighted by Gasteiger charge is -2.13. The van der Waals surface area contributed by atoms with Crippen molar-refractivity contribution in [3.05, 3.63) is 47.6 Å². The Morgan fingerprint density at radius 2 is 1.88 bits per heavy atom. The first-order valence-corrected chi connectivity index (χ1v) is 8.75. The number of aliphatic carboxylic acids is 1. The van der Waals surface area contributed by atoms with Gasteiger partial charge in [0, 0.05) is 28.7 Å². The highest BCUT2D eigenvalue weighted by molar-refractivity contribution is 7.17. The minimum atomic E-state index is -0.849. The molecule has 0 radical (unpaired) electrons. The van der Waals surface area contributed by atoms with Gasteiger partial charge in [-0.1, -0.05) is 24.3 Å². The van der Waals surface area contributed by atoms with Gasteiger partial charge in [0.2, 0.25) is 0 Å². The zero-order chi connectivity index (χ0) is 18.3. The topological polar surface area (TPSA) is 73.1 Å². The van der Waals surface area contributed by atoms with Crippen LogP contribution in [0.3, 0.4) is 0 Å². The summed E-state index contributed by atoms with van der Waals surface area (Å²) in [5.74, 6) is 0.570. The lowest BCUT2D eigenvalue weighted by atomic mass is 10.0. The molecule has 26 heavy (non-hydrogen) atoms. The summed E-state index contributed by atoms with van der Waals surface area (Å²) in [7, 11) is 3.26. The highest BCUT2D eigenvalue weighted by Gasteiger charge is 2.18. The van der Waals surface area contributed by atoms with Gasteiger partial charge in [-0.05, 0) is 5.39 Å². The monoisotopic (exact) mass is 368 g/mol. The molecule has 4 rings (SSSR count). The first kappa shape index (κ1) is 16.4. The lowest BCUT2D eigenvalue weighted by Crippen LogP contribution is -1.97. The third kappa shape index (κ3) is 2.66. The van der Waals surface area contributed by atoms with Crippen molar-refractivity contribution in [2.45, 2.75) is 6.42 Å². The Morgan fingerprint density at radius 3 is 2.54 bits per heavy atom. The van der Waals surface area contributed by atoms with E-state index in [1.165, 1.54) is 11.3 Å². The number of nitrogens with zero attached hydrogens (tertiary/aromatic N) is 2. The summed E-state index contributed by atoms with van der Waals surface area (Å²) in [5.41, 5.74) is 1.66. The number of methoxy groups -OCH3 is 2. The number of carboxylic acids is 1. The maximum Gasteiger partial charge on any atom is 0.308 e. The second-order valence-corrected chi connectivity index (χ2v) is 6.88. The molecular formula is C19H16N2O4S. The van der Waals surface area contributed by atoms with Gasteiger partial charge in [-0.2, -0.15) is 0 Å². The van der Waals surface area contributed by atoms with Crippen LogP contribution in [-0.4, -0.2) is 34.7 Å². The highest BCUT2D eigenvalue weighted by atomic mass is 32.1. The number of rotatable bonds is 5. The molecule has 0 fully saturated rings. The van der Waals surface area contributed by atoms with Crippen LogP contribution in [0.2, 0.25) is 0 Å². The minimum Gasteiger partial charge on any atom is -0.496 e. The molecule has 0 saturated carbocycles. The Morgan fingerprint density at radius 1 is 1.15 bits per heavy atom. The zero-order valence-electron chi connectivity index (χ0n) is 14.2. The van der Waals surface area contributed by atoms with E-state index in [1.807, 2.05) is 47.1 Å². The minimum absolute atomic E-state index is 0.00184. The van der Waals surface area contributed by atoms with Gasteiger partial charge in [0.25, 0.3) is 0 Å². The number of imidazole rings is 1. The van der Waals surface area contributed by atoms with Gasteiger partial charge in [-0.15, -0.1) is 11.3 Å². The third-order valence-corrected chi connectivity index (χ3v) is 5.19. The summed E-state index contributed by atoms with van der Waals surface area (Å²) in [5, 5.41) is 10.9. The van der Waals surface area contributed by atoms with Crippen LogP contribution in [0.1, 0.15) is 4.88 Å². The SMILES string of the molecule is COc1cc(OC)c2ccccc2c1-c1cn2cc(CC(=O)O)sc2n1. The second kappa shape index (κ2) is 6.34. The van der Waals surface area contributed by atoms with Gasteiger partial charge >= 0.3 is 5.97 Å². The number of hydrogen-bond acceptors (Lipinski definition) is 5. The van der Waals surface area contributed by atoms with Crippen molar-refractivity contribution >= 4 is 33.0 Å². The van der Waals surface area contributed by atoms with Gasteiger partial charge in [0.1, 0.15) is 11.5 Å². The summed E-state index contributed by atoms with van der Waals surface area (Å²) in [6.45, 7) is 0. The molecule has 2 aromatic carbocycles. The number of carboxylic acid groups (broad SMARTS) is 1. The van der Waals surface area contributed by atoms with Crippen LogP contribution in [0, 0.1) is 0 Å². The van der Waals surface area contributed by atoms with Crippen LogP contribution in [0.4, 0.5) is 0 Å². The van der Waals surface area contributed by atoms with Gasteiger partial charge in [-0.25, -0.2) is 4.98 Å². The Bertz CT molecular complexity index is 1100. The fourth-order valence-corrected chi connectivity index (χ4v) is 4.06. The fourth-order valence-electron chi connectivity index (χ4n) is 3.11. The van der Waals surface area contributed by atoms with E-state index in [0.29, 0.717) is 5.75 Å². The summed E-state index contributed by atoms with van der Waals surface area (Å²) >= 11 is 1.37. The first-order valence-electron chi connectivity index (χ1n) is 7.94. The number of fused-ring (bicyclic) bond motifs is 2. The molecule has 0 aliphatic heterocycles. The van der Waals surface area contributed by atoms with Crippen LogP contribution in [0.5, 0.6) is 11.5 Å². The van der Waals surface area contributed by atoms with Crippen molar-refractivity contribution < 1.29 is 19.4 Å². The molecule has 0 spiro atoms. The summed E-state index contributed by atoms with van der Waals surface area (Å²) in [4.78, 5) is 17.1. The molecule has 6 nitrogen and oxygen atoms in total. The number of ether oxygens (including phenoxy) is 2. The predicted octanol–water partition coefficient (Wildman–Crippen LogP) is 3.86. The Kier molecular flexibility index (Phi) is 4.00. The molecule has 0 unspecified atom stereocenters. The molecule has 0 bridgehead atoms. The molecule has 0 aliphatic rings. The summed E-state index contributed by atoms with van der Waals surface area (Å²) in [6.07, 6.45) is 3.70. The average Bonchev–Trinajstić information content (AvgIpc) is 3.17. The van der Waals surface area contributed by atoms with Crippen LogP contribution in [0.15, 0.2) is 42.7 Å². The molecular weight excluding hydrogens is 352 g/mol. The number of hydrogen-bond donors (Lipinski definition) is 1. The summed E-state index contributed by atoms with van der Waals surface area (Å²) in [6, 6.07) is 9.81. The van der Waals surface area contributed by atoms with Gasteiger partial charge in [-0.3, -0.25) is 9.20 Å². The van der Waals surface area contributed by atoms with E-state index in [1.54, 1.807) is 14.2 Å². The van der Waals surface area contributed by atoms with Crippen molar-refractivity contribution in [1.82, 2.24) is 9.38 Å². The molecule has 2 heterocycles. The number of thiazole rings is 1. The average molecular weight is 368 g/mol. The van der Waals surface area contributed by atoms with Crippen molar-refractivity contribution in [2.24, 2.45) is 0 Å². The molecule has 0 saturated heterocycles. The maximum atomic E-state index is 10.9. The van der Waals surface area contributed by atoms with Crippen molar-refractivity contribution in [3.63, 3.8) is 0 Å². The Hall–Kier alpha value is -3.06. The van der Waals surface area contributed by atoms with E-state index >= 15 is 0 Å². The van der Waals surface area contributed by atoms with Crippen LogP contribution in [-0.2, 0) is 11.2 Å². The Balaban J connectivity index is 1.92. The zero-order valence-corrected chi connectivity index (χ0v) is 15.0. The third-order valence-electron chi connectivity index (χ3n) is 4.20.